The van der Waals surface area contributed by atoms with Crippen LogP contribution in [0.25, 0.3) is 0 Å². The van der Waals surface area contributed by atoms with E-state index in [1.165, 1.54) is 0 Å². The fourth-order valence-electron chi connectivity index (χ4n) is 0.930. The summed E-state index contributed by atoms with van der Waals surface area (Å²) in [6, 6.07) is 0. The molecule has 0 aromatic rings. The first-order chi connectivity index (χ1) is 5.33. The van der Waals surface area contributed by atoms with Crippen molar-refractivity contribution in [2.24, 2.45) is 5.41 Å². The maximum absolute atomic E-state index is 10.5. The predicted molar refractivity (Wildman–Crippen MR) is 46.3 cm³/mol. The Morgan fingerprint density at radius 2 is 2.09 bits per heavy atom. The fourth-order valence-corrected chi connectivity index (χ4v) is 0.930. The van der Waals surface area contributed by atoms with Gasteiger partial charge in [-0.3, -0.25) is 0 Å². The minimum absolute atomic E-state index is 0.0713. The Morgan fingerprint density at radius 3 is 2.55 bits per heavy atom. The van der Waals surface area contributed by atoms with Crippen LogP contribution in [0.5, 0.6) is 0 Å². The minimum atomic E-state index is -0.0713. The molecule has 60 valence electrons. The summed E-state index contributed by atoms with van der Waals surface area (Å²) in [6.45, 7) is 2.09. The summed E-state index contributed by atoms with van der Waals surface area (Å²) in [5.41, 5.74) is -0.0713. The number of rotatable bonds is 4. The lowest BCUT2D eigenvalue weighted by Crippen LogP contribution is -1.94. The van der Waals surface area contributed by atoms with Crippen LogP contribution in [0.1, 0.15) is 26.2 Å². The summed E-state index contributed by atoms with van der Waals surface area (Å²) in [5, 5.41) is 0. The Morgan fingerprint density at radius 1 is 1.36 bits per heavy atom. The van der Waals surface area contributed by atoms with Crippen molar-refractivity contribution in [3.8, 4) is 0 Å². The second kappa shape index (κ2) is 3.51. The first-order valence-electron chi connectivity index (χ1n) is 4.14. The molecule has 1 heteroatoms. The second-order valence-corrected chi connectivity index (χ2v) is 3.05. The Hall–Kier alpha value is -0.850. The summed E-state index contributed by atoms with van der Waals surface area (Å²) in [4.78, 5) is 10.5. The van der Waals surface area contributed by atoms with Gasteiger partial charge in [-0.1, -0.05) is 31.2 Å². The second-order valence-electron chi connectivity index (χ2n) is 3.05. The molecule has 0 bridgehead atoms. The molecule has 1 aliphatic carbocycles. The molecule has 0 aromatic heterocycles. The van der Waals surface area contributed by atoms with E-state index in [2.05, 4.69) is 13.0 Å². The highest BCUT2D eigenvalue weighted by Gasteiger charge is 2.39. The normalized spacial score (nSPS) is 21.2. The zero-order valence-corrected chi connectivity index (χ0v) is 6.92. The fraction of sp³-hybridized carbons (Fsp3) is 0.500. The van der Waals surface area contributed by atoms with Crippen molar-refractivity contribution in [2.45, 2.75) is 26.2 Å². The van der Waals surface area contributed by atoms with Crippen molar-refractivity contribution in [3.05, 3.63) is 24.3 Å². The Bertz CT molecular complexity index is 185. The van der Waals surface area contributed by atoms with Gasteiger partial charge >= 0.3 is 0 Å². The molecule has 0 atom stereocenters. The number of allylic oxidation sites excluding steroid dienone is 4. The third-order valence-corrected chi connectivity index (χ3v) is 1.97. The summed E-state index contributed by atoms with van der Waals surface area (Å²) >= 11 is 0. The van der Waals surface area contributed by atoms with Crippen molar-refractivity contribution in [1.29, 1.82) is 0 Å². The zero-order valence-electron chi connectivity index (χ0n) is 6.92. The van der Waals surface area contributed by atoms with Crippen LogP contribution in [0.4, 0.5) is 0 Å². The van der Waals surface area contributed by atoms with Crippen LogP contribution in [-0.2, 0) is 4.79 Å². The molecule has 1 nitrogen and oxygen atoms in total. The summed E-state index contributed by atoms with van der Waals surface area (Å²) < 4.78 is 0. The highest BCUT2D eigenvalue weighted by atomic mass is 16.1. The molecule has 1 saturated carbocycles. The molecule has 0 aromatic carbocycles. The van der Waals surface area contributed by atoms with Crippen LogP contribution < -0.4 is 0 Å². The predicted octanol–water partition coefficient (Wildman–Crippen LogP) is 2.49. The van der Waals surface area contributed by atoms with Gasteiger partial charge in [-0.15, -0.1) is 0 Å². The Kier molecular flexibility index (Phi) is 2.64. The van der Waals surface area contributed by atoms with Crippen LogP contribution in [0.3, 0.4) is 0 Å². The zero-order chi connectivity index (χ0) is 8.16. The monoisotopic (exact) mass is 150 g/mol. The third kappa shape index (κ3) is 2.34. The van der Waals surface area contributed by atoms with Gasteiger partial charge in [0.15, 0.2) is 0 Å². The van der Waals surface area contributed by atoms with Gasteiger partial charge in [0.1, 0.15) is 6.29 Å². The molecule has 1 aliphatic rings. The quantitative estimate of drug-likeness (QED) is 0.444. The largest absolute Gasteiger partial charge is 0.302 e. The number of aldehydes is 1. The molecule has 0 unspecified atom stereocenters. The molecule has 0 N–H and O–H groups in total. The average molecular weight is 150 g/mol. The van der Waals surface area contributed by atoms with Crippen molar-refractivity contribution in [2.75, 3.05) is 0 Å². The van der Waals surface area contributed by atoms with E-state index in [4.69, 9.17) is 0 Å². The van der Waals surface area contributed by atoms with E-state index in [0.717, 1.165) is 25.5 Å². The van der Waals surface area contributed by atoms with Gasteiger partial charge in [-0.05, 0) is 19.3 Å². The maximum Gasteiger partial charge on any atom is 0.129 e. The molecule has 0 saturated heterocycles. The van der Waals surface area contributed by atoms with Crippen molar-refractivity contribution >= 4 is 6.29 Å². The average Bonchev–Trinajstić information content (AvgIpc) is 2.80. The Labute approximate surface area is 67.8 Å². The van der Waals surface area contributed by atoms with E-state index in [-0.39, 0.29) is 5.41 Å². The van der Waals surface area contributed by atoms with Crippen molar-refractivity contribution in [1.82, 2.24) is 0 Å². The molecule has 0 amide bonds. The number of hydrogen-bond donors (Lipinski definition) is 0. The van der Waals surface area contributed by atoms with Gasteiger partial charge < -0.3 is 4.79 Å². The van der Waals surface area contributed by atoms with Gasteiger partial charge in [-0.25, -0.2) is 0 Å². The lowest BCUT2D eigenvalue weighted by Gasteiger charge is -1.92. The lowest BCUT2D eigenvalue weighted by molar-refractivity contribution is -0.110. The molecular formula is C10H14O. The molecular weight excluding hydrogens is 136 g/mol. The molecule has 1 rings (SSSR count). The van der Waals surface area contributed by atoms with E-state index >= 15 is 0 Å². The van der Waals surface area contributed by atoms with Gasteiger partial charge in [0.05, 0.1) is 0 Å². The summed E-state index contributed by atoms with van der Waals surface area (Å²) in [6.07, 6.45) is 12.2. The van der Waals surface area contributed by atoms with E-state index in [0.29, 0.717) is 0 Å². The molecule has 0 radical (unpaired) electrons. The molecule has 1 fully saturated rings. The van der Waals surface area contributed by atoms with Gasteiger partial charge in [0.25, 0.3) is 0 Å². The van der Waals surface area contributed by atoms with Crippen LogP contribution in [0.15, 0.2) is 24.3 Å². The van der Waals surface area contributed by atoms with E-state index in [1.54, 1.807) is 0 Å². The van der Waals surface area contributed by atoms with Crippen LogP contribution >= 0.6 is 0 Å². The first-order valence-corrected chi connectivity index (χ1v) is 4.14. The van der Waals surface area contributed by atoms with Gasteiger partial charge in [0.2, 0.25) is 0 Å². The van der Waals surface area contributed by atoms with Crippen LogP contribution in [0, 0.1) is 5.41 Å². The van der Waals surface area contributed by atoms with Gasteiger partial charge in [-0.2, -0.15) is 0 Å². The first kappa shape index (κ1) is 8.25. The van der Waals surface area contributed by atoms with Crippen LogP contribution in [0.2, 0.25) is 0 Å². The Balaban J connectivity index is 2.35. The highest BCUT2D eigenvalue weighted by Crippen LogP contribution is 2.44. The number of hydrogen-bond acceptors (Lipinski definition) is 1. The highest BCUT2D eigenvalue weighted by molar-refractivity contribution is 5.67. The molecule has 0 aliphatic heterocycles. The smallest absolute Gasteiger partial charge is 0.129 e. The minimum Gasteiger partial charge on any atom is -0.302 e. The number of carbonyl (C=O) groups excluding carboxylic acids is 1. The maximum atomic E-state index is 10.5. The van der Waals surface area contributed by atoms with Crippen molar-refractivity contribution < 1.29 is 4.79 Å². The van der Waals surface area contributed by atoms with E-state index < -0.39 is 0 Å². The van der Waals surface area contributed by atoms with Crippen molar-refractivity contribution in [3.63, 3.8) is 0 Å². The standard InChI is InChI=1S/C10H14O/c1-2-3-4-5-6-10(9-11)7-8-10/h3-6,9H,2,7-8H2,1H3/b4-3+,6-5+. The molecule has 11 heavy (non-hydrogen) atoms. The van der Waals surface area contributed by atoms with E-state index in [1.807, 2.05) is 18.2 Å². The third-order valence-electron chi connectivity index (χ3n) is 1.97. The van der Waals surface area contributed by atoms with Gasteiger partial charge in [0, 0.05) is 5.41 Å². The molecule has 0 heterocycles. The molecule has 0 spiro atoms. The van der Waals surface area contributed by atoms with Crippen LogP contribution in [-0.4, -0.2) is 6.29 Å². The summed E-state index contributed by atoms with van der Waals surface area (Å²) in [5.74, 6) is 0. The van der Waals surface area contributed by atoms with E-state index in [9.17, 15) is 4.79 Å². The SMILES string of the molecule is CC/C=C/C=C/C1(C=O)CC1. The number of carbonyl (C=O) groups is 1. The summed E-state index contributed by atoms with van der Waals surface area (Å²) in [7, 11) is 0. The lowest BCUT2D eigenvalue weighted by atomic mass is 10.1. The topological polar surface area (TPSA) is 17.1 Å².